The molecule has 0 aromatic heterocycles. The maximum atomic E-state index is 10.9. The van der Waals surface area contributed by atoms with Crippen LogP contribution < -0.4 is 10.1 Å². The number of ether oxygens (including phenoxy) is 1. The molecule has 0 atom stereocenters. The lowest BCUT2D eigenvalue weighted by atomic mass is 10.1. The van der Waals surface area contributed by atoms with Gasteiger partial charge in [0.2, 0.25) is 5.91 Å². The van der Waals surface area contributed by atoms with Gasteiger partial charge < -0.3 is 10.1 Å². The highest BCUT2D eigenvalue weighted by Gasteiger charge is 2.08. The van der Waals surface area contributed by atoms with Crippen LogP contribution >= 0.6 is 0 Å². The van der Waals surface area contributed by atoms with E-state index in [1.165, 1.54) is 6.92 Å². The molecule has 0 radical (unpaired) electrons. The largest absolute Gasteiger partial charge is 0.494 e. The predicted octanol–water partition coefficient (Wildman–Crippen LogP) is 2.27. The van der Waals surface area contributed by atoms with Crippen molar-refractivity contribution in [3.8, 4) is 5.75 Å². The summed E-state index contributed by atoms with van der Waals surface area (Å²) < 4.78 is 5.24. The zero-order valence-electron chi connectivity index (χ0n) is 8.97. The Morgan fingerprint density at radius 1 is 1.36 bits per heavy atom. The first-order valence-electron chi connectivity index (χ1n) is 4.48. The van der Waals surface area contributed by atoms with E-state index in [4.69, 9.17) is 4.74 Å². The fraction of sp³-hybridized carbons (Fsp3) is 0.364. The van der Waals surface area contributed by atoms with Crippen LogP contribution in [-0.2, 0) is 4.79 Å². The molecule has 0 aliphatic heterocycles. The molecule has 0 aliphatic carbocycles. The standard InChI is InChI=1S/C11H15NO2/c1-7-5-6-10(12-9(3)13)11(14-4)8(7)2/h5-6H,1-4H3,(H,12,13). The van der Waals surface area contributed by atoms with Crippen molar-refractivity contribution in [1.29, 1.82) is 0 Å². The fourth-order valence-electron chi connectivity index (χ4n) is 1.34. The van der Waals surface area contributed by atoms with Crippen LogP contribution in [0.3, 0.4) is 0 Å². The first kappa shape index (κ1) is 10.6. The third kappa shape index (κ3) is 2.05. The Kier molecular flexibility index (Phi) is 3.12. The normalized spacial score (nSPS) is 9.71. The van der Waals surface area contributed by atoms with E-state index in [9.17, 15) is 4.79 Å². The Morgan fingerprint density at radius 2 is 2.00 bits per heavy atom. The average molecular weight is 193 g/mol. The van der Waals surface area contributed by atoms with Crippen LogP contribution in [0.4, 0.5) is 5.69 Å². The third-order valence-corrected chi connectivity index (χ3v) is 2.19. The molecule has 1 rings (SSSR count). The van der Waals surface area contributed by atoms with E-state index in [0.717, 1.165) is 22.6 Å². The molecule has 0 spiro atoms. The van der Waals surface area contributed by atoms with E-state index in [-0.39, 0.29) is 5.91 Å². The van der Waals surface area contributed by atoms with E-state index in [0.29, 0.717) is 0 Å². The van der Waals surface area contributed by atoms with Gasteiger partial charge in [0.1, 0.15) is 5.75 Å². The monoisotopic (exact) mass is 193 g/mol. The number of methoxy groups -OCH3 is 1. The molecule has 0 saturated carbocycles. The molecule has 1 N–H and O–H groups in total. The average Bonchev–Trinajstić information content (AvgIpc) is 2.11. The molecule has 76 valence electrons. The van der Waals surface area contributed by atoms with Gasteiger partial charge in [-0.3, -0.25) is 4.79 Å². The minimum atomic E-state index is -0.0912. The van der Waals surface area contributed by atoms with Crippen molar-refractivity contribution >= 4 is 11.6 Å². The Bertz CT molecular complexity index is 359. The number of benzene rings is 1. The molecule has 1 aromatic rings. The number of rotatable bonds is 2. The number of anilines is 1. The zero-order chi connectivity index (χ0) is 10.7. The van der Waals surface area contributed by atoms with Crippen molar-refractivity contribution in [3.63, 3.8) is 0 Å². The van der Waals surface area contributed by atoms with Gasteiger partial charge in [0.15, 0.2) is 0 Å². The van der Waals surface area contributed by atoms with Crippen LogP contribution in [0.1, 0.15) is 18.1 Å². The van der Waals surface area contributed by atoms with E-state index in [2.05, 4.69) is 5.32 Å². The highest BCUT2D eigenvalue weighted by Crippen LogP contribution is 2.30. The van der Waals surface area contributed by atoms with Gasteiger partial charge in [-0.15, -0.1) is 0 Å². The number of nitrogens with one attached hydrogen (secondary N) is 1. The van der Waals surface area contributed by atoms with E-state index >= 15 is 0 Å². The van der Waals surface area contributed by atoms with Crippen LogP contribution in [0.15, 0.2) is 12.1 Å². The molecule has 14 heavy (non-hydrogen) atoms. The number of hydrogen-bond acceptors (Lipinski definition) is 2. The van der Waals surface area contributed by atoms with Gasteiger partial charge in [0.25, 0.3) is 0 Å². The van der Waals surface area contributed by atoms with Crippen molar-refractivity contribution in [2.45, 2.75) is 20.8 Å². The molecular weight excluding hydrogens is 178 g/mol. The summed E-state index contributed by atoms with van der Waals surface area (Å²) in [7, 11) is 1.60. The minimum Gasteiger partial charge on any atom is -0.494 e. The topological polar surface area (TPSA) is 38.3 Å². The number of amides is 1. The first-order chi connectivity index (χ1) is 6.56. The quantitative estimate of drug-likeness (QED) is 0.782. The summed E-state index contributed by atoms with van der Waals surface area (Å²) in [5.41, 5.74) is 2.93. The van der Waals surface area contributed by atoms with Crippen LogP contribution in [-0.4, -0.2) is 13.0 Å². The summed E-state index contributed by atoms with van der Waals surface area (Å²) in [6, 6.07) is 3.81. The molecule has 1 amide bonds. The van der Waals surface area contributed by atoms with Crippen molar-refractivity contribution in [2.75, 3.05) is 12.4 Å². The molecule has 0 bridgehead atoms. The van der Waals surface area contributed by atoms with Crippen molar-refractivity contribution in [2.24, 2.45) is 0 Å². The molecule has 0 fully saturated rings. The smallest absolute Gasteiger partial charge is 0.221 e. The lowest BCUT2D eigenvalue weighted by molar-refractivity contribution is -0.114. The number of carbonyl (C=O) groups is 1. The highest BCUT2D eigenvalue weighted by molar-refractivity contribution is 5.90. The summed E-state index contributed by atoms with van der Waals surface area (Å²) >= 11 is 0. The second kappa shape index (κ2) is 4.13. The van der Waals surface area contributed by atoms with Crippen LogP contribution in [0.25, 0.3) is 0 Å². The Balaban J connectivity index is 3.17. The molecule has 1 aromatic carbocycles. The van der Waals surface area contributed by atoms with Gasteiger partial charge >= 0.3 is 0 Å². The highest BCUT2D eigenvalue weighted by atomic mass is 16.5. The molecule has 0 unspecified atom stereocenters. The van der Waals surface area contributed by atoms with Crippen molar-refractivity contribution in [1.82, 2.24) is 0 Å². The predicted molar refractivity (Wildman–Crippen MR) is 56.8 cm³/mol. The van der Waals surface area contributed by atoms with Crippen LogP contribution in [0.2, 0.25) is 0 Å². The second-order valence-corrected chi connectivity index (χ2v) is 3.27. The van der Waals surface area contributed by atoms with Crippen LogP contribution in [0, 0.1) is 13.8 Å². The first-order valence-corrected chi connectivity index (χ1v) is 4.48. The van der Waals surface area contributed by atoms with Crippen molar-refractivity contribution in [3.05, 3.63) is 23.3 Å². The van der Waals surface area contributed by atoms with Gasteiger partial charge in [-0.05, 0) is 31.0 Å². The van der Waals surface area contributed by atoms with E-state index in [1.807, 2.05) is 26.0 Å². The lowest BCUT2D eigenvalue weighted by Gasteiger charge is -2.13. The molecule has 0 heterocycles. The summed E-state index contributed by atoms with van der Waals surface area (Å²) in [6.45, 7) is 5.46. The summed E-state index contributed by atoms with van der Waals surface area (Å²) in [6.07, 6.45) is 0. The molecule has 3 heteroatoms. The number of carbonyl (C=O) groups excluding carboxylic acids is 1. The van der Waals surface area contributed by atoms with Gasteiger partial charge in [-0.1, -0.05) is 6.07 Å². The van der Waals surface area contributed by atoms with E-state index in [1.54, 1.807) is 7.11 Å². The second-order valence-electron chi connectivity index (χ2n) is 3.27. The van der Waals surface area contributed by atoms with E-state index < -0.39 is 0 Å². The molecular formula is C11H15NO2. The van der Waals surface area contributed by atoms with Gasteiger partial charge in [-0.25, -0.2) is 0 Å². The lowest BCUT2D eigenvalue weighted by Crippen LogP contribution is -2.08. The third-order valence-electron chi connectivity index (χ3n) is 2.19. The molecule has 0 aliphatic rings. The Morgan fingerprint density at radius 3 is 2.50 bits per heavy atom. The maximum Gasteiger partial charge on any atom is 0.221 e. The fourth-order valence-corrected chi connectivity index (χ4v) is 1.34. The Hall–Kier alpha value is -1.51. The SMILES string of the molecule is COc1c(NC(C)=O)ccc(C)c1C. The molecule has 0 saturated heterocycles. The van der Waals surface area contributed by atoms with Gasteiger partial charge in [0, 0.05) is 6.92 Å². The number of aryl methyl sites for hydroxylation is 1. The number of hydrogen-bond donors (Lipinski definition) is 1. The van der Waals surface area contributed by atoms with Crippen LogP contribution in [0.5, 0.6) is 5.75 Å². The summed E-state index contributed by atoms with van der Waals surface area (Å²) in [5, 5.41) is 2.73. The minimum absolute atomic E-state index is 0.0912. The van der Waals surface area contributed by atoms with Gasteiger partial charge in [-0.2, -0.15) is 0 Å². The maximum absolute atomic E-state index is 10.9. The zero-order valence-corrected chi connectivity index (χ0v) is 8.97. The molecule has 3 nitrogen and oxygen atoms in total. The Labute approximate surface area is 84.1 Å². The van der Waals surface area contributed by atoms with Crippen molar-refractivity contribution < 1.29 is 9.53 Å². The van der Waals surface area contributed by atoms with Gasteiger partial charge in [0.05, 0.1) is 12.8 Å². The summed E-state index contributed by atoms with van der Waals surface area (Å²) in [5.74, 6) is 0.645. The summed E-state index contributed by atoms with van der Waals surface area (Å²) in [4.78, 5) is 10.9.